The number of hydrogen-bond donors (Lipinski definition) is 6. The van der Waals surface area contributed by atoms with E-state index >= 15 is 0 Å². The van der Waals surface area contributed by atoms with Crippen molar-refractivity contribution in [3.63, 3.8) is 0 Å². The van der Waals surface area contributed by atoms with E-state index in [0.717, 1.165) is 6.92 Å². The van der Waals surface area contributed by atoms with Crippen molar-refractivity contribution in [2.45, 2.75) is 30.9 Å². The fourth-order valence-electron chi connectivity index (χ4n) is 1.49. The predicted molar refractivity (Wildman–Crippen MR) is 49.8 cm³/mol. The lowest BCUT2D eigenvalue weighted by Gasteiger charge is -2.42. The van der Waals surface area contributed by atoms with Crippen molar-refractivity contribution in [3.8, 4) is 0 Å². The van der Waals surface area contributed by atoms with Crippen molar-refractivity contribution < 1.29 is 30.0 Å². The smallest absolute Gasteiger partial charge is 0.247 e. The summed E-state index contributed by atoms with van der Waals surface area (Å²) in [5.41, 5.74) is -2.30. The maximum absolute atomic E-state index is 11.4. The zero-order chi connectivity index (χ0) is 12.5. The molecule has 0 aliphatic carbocycles. The van der Waals surface area contributed by atoms with E-state index in [1.165, 1.54) is 0 Å². The number of carbonyl (C=O) groups excluding carboxylic acids is 2. The third kappa shape index (κ3) is 2.14. The van der Waals surface area contributed by atoms with Crippen molar-refractivity contribution in [1.29, 1.82) is 0 Å². The maximum atomic E-state index is 11.4. The van der Waals surface area contributed by atoms with Crippen molar-refractivity contribution in [1.82, 2.24) is 10.6 Å². The molecule has 0 saturated carbocycles. The summed E-state index contributed by atoms with van der Waals surface area (Å²) in [7, 11) is 0. The Labute approximate surface area is 90.9 Å². The van der Waals surface area contributed by atoms with Crippen LogP contribution in [0.3, 0.4) is 0 Å². The summed E-state index contributed by atoms with van der Waals surface area (Å²) >= 11 is 0. The van der Waals surface area contributed by atoms with Gasteiger partial charge in [-0.1, -0.05) is 0 Å². The molecule has 0 aromatic rings. The fraction of sp³-hybridized carbons (Fsp3) is 0.750. The molecule has 1 aliphatic rings. The molecule has 0 bridgehead atoms. The molecule has 92 valence electrons. The minimum atomic E-state index is -2.30. The summed E-state index contributed by atoms with van der Waals surface area (Å²) in [5.74, 6) is -1.45. The third-order valence-corrected chi connectivity index (χ3v) is 2.38. The van der Waals surface area contributed by atoms with E-state index in [0.29, 0.717) is 0 Å². The van der Waals surface area contributed by atoms with Gasteiger partial charge in [0.25, 0.3) is 0 Å². The van der Waals surface area contributed by atoms with Gasteiger partial charge in [-0.2, -0.15) is 0 Å². The van der Waals surface area contributed by atoms with E-state index in [-0.39, 0.29) is 0 Å². The Morgan fingerprint density at radius 3 is 2.56 bits per heavy atom. The van der Waals surface area contributed by atoms with Crippen LogP contribution in [0.15, 0.2) is 0 Å². The van der Waals surface area contributed by atoms with Gasteiger partial charge in [0.1, 0.15) is 18.2 Å². The molecule has 0 aromatic heterocycles. The first-order valence-electron chi connectivity index (χ1n) is 4.60. The van der Waals surface area contributed by atoms with Gasteiger partial charge in [-0.3, -0.25) is 9.59 Å². The van der Waals surface area contributed by atoms with Crippen LogP contribution in [0.25, 0.3) is 0 Å². The predicted octanol–water partition coefficient (Wildman–Crippen LogP) is -3.98. The lowest BCUT2D eigenvalue weighted by molar-refractivity contribution is -0.195. The molecule has 16 heavy (non-hydrogen) atoms. The highest BCUT2D eigenvalue weighted by atomic mass is 16.4. The third-order valence-electron chi connectivity index (χ3n) is 2.38. The van der Waals surface area contributed by atoms with Gasteiger partial charge in [0.15, 0.2) is 5.72 Å². The number of aliphatic hydroxyl groups is 4. The minimum absolute atomic E-state index is 0.569. The largest absolute Gasteiger partial charge is 0.391 e. The number of piperidine rings is 1. The molecule has 2 amide bonds. The molecule has 8 nitrogen and oxygen atoms in total. The molecule has 4 atom stereocenters. The van der Waals surface area contributed by atoms with Crippen LogP contribution in [0.4, 0.5) is 0 Å². The summed E-state index contributed by atoms with van der Waals surface area (Å²) in [6.07, 6.45) is -3.50. The molecule has 0 spiro atoms. The Kier molecular flexibility index (Phi) is 3.48. The summed E-state index contributed by atoms with van der Waals surface area (Å²) in [6.45, 7) is 0.184. The molecule has 1 aliphatic heterocycles. The van der Waals surface area contributed by atoms with Crippen molar-refractivity contribution in [2.24, 2.45) is 0 Å². The summed E-state index contributed by atoms with van der Waals surface area (Å²) < 4.78 is 0. The molecule has 3 unspecified atom stereocenters. The van der Waals surface area contributed by atoms with Gasteiger partial charge >= 0.3 is 0 Å². The van der Waals surface area contributed by atoms with Gasteiger partial charge in [-0.05, 0) is 0 Å². The normalized spacial score (nSPS) is 39.1. The SMILES string of the molecule is CC(=O)NC1C(=O)NC(O)(CO)[C@@H](O)C1O. The molecule has 0 radical (unpaired) electrons. The quantitative estimate of drug-likeness (QED) is 0.288. The molecular weight excluding hydrogens is 220 g/mol. The van der Waals surface area contributed by atoms with Gasteiger partial charge in [0.05, 0.1) is 6.61 Å². The second-order valence-electron chi connectivity index (χ2n) is 3.69. The van der Waals surface area contributed by atoms with Crippen LogP contribution in [-0.4, -0.2) is 62.8 Å². The Hall–Kier alpha value is -1.22. The molecule has 0 aromatic carbocycles. The van der Waals surface area contributed by atoms with E-state index in [1.54, 1.807) is 0 Å². The van der Waals surface area contributed by atoms with E-state index in [4.69, 9.17) is 5.11 Å². The van der Waals surface area contributed by atoms with Crippen LogP contribution in [0.5, 0.6) is 0 Å². The monoisotopic (exact) mass is 234 g/mol. The molecule has 1 rings (SSSR count). The molecule has 1 heterocycles. The number of rotatable bonds is 2. The van der Waals surface area contributed by atoms with Crippen molar-refractivity contribution >= 4 is 11.8 Å². The van der Waals surface area contributed by atoms with Gasteiger partial charge in [0.2, 0.25) is 11.8 Å². The molecular formula is C8H14N2O6. The Bertz CT molecular complexity index is 309. The highest BCUT2D eigenvalue weighted by Gasteiger charge is 2.51. The van der Waals surface area contributed by atoms with Crippen LogP contribution in [0, 0.1) is 0 Å². The topological polar surface area (TPSA) is 139 Å². The number of amides is 2. The number of aliphatic hydroxyl groups excluding tert-OH is 3. The van der Waals surface area contributed by atoms with Gasteiger partial charge in [-0.25, -0.2) is 0 Å². The Balaban J connectivity index is 2.88. The summed E-state index contributed by atoms with van der Waals surface area (Å²) in [6, 6.07) is -1.36. The van der Waals surface area contributed by atoms with E-state index in [1.807, 2.05) is 5.32 Å². The molecule has 8 heteroatoms. The van der Waals surface area contributed by atoms with Crippen LogP contribution < -0.4 is 10.6 Å². The average molecular weight is 234 g/mol. The zero-order valence-electron chi connectivity index (χ0n) is 8.54. The lowest BCUT2D eigenvalue weighted by Crippen LogP contribution is -2.74. The number of hydrogen-bond acceptors (Lipinski definition) is 6. The zero-order valence-corrected chi connectivity index (χ0v) is 8.54. The second-order valence-corrected chi connectivity index (χ2v) is 3.69. The van der Waals surface area contributed by atoms with Gasteiger partial charge in [0, 0.05) is 6.92 Å². The summed E-state index contributed by atoms with van der Waals surface area (Å²) in [5, 5.41) is 41.4. The van der Waals surface area contributed by atoms with E-state index in [2.05, 4.69) is 5.32 Å². The van der Waals surface area contributed by atoms with Gasteiger partial charge in [-0.15, -0.1) is 0 Å². The van der Waals surface area contributed by atoms with Crippen LogP contribution in [0.2, 0.25) is 0 Å². The van der Waals surface area contributed by atoms with E-state index in [9.17, 15) is 24.9 Å². The molecule has 1 saturated heterocycles. The number of carbonyl (C=O) groups is 2. The highest BCUT2D eigenvalue weighted by Crippen LogP contribution is 2.18. The highest BCUT2D eigenvalue weighted by molar-refractivity contribution is 5.88. The lowest BCUT2D eigenvalue weighted by atomic mass is 9.91. The standard InChI is InChI=1S/C8H14N2O6/c1-3(12)9-4-5(13)6(14)8(16,2-11)10-7(4)15/h4-6,11,13-14,16H,2H2,1H3,(H,9,12)(H,10,15)/t4?,5?,6-,8?/m0/s1. The van der Waals surface area contributed by atoms with Gasteiger partial charge < -0.3 is 31.1 Å². The molecule has 1 fully saturated rings. The first-order chi connectivity index (χ1) is 7.31. The second kappa shape index (κ2) is 4.34. The van der Waals surface area contributed by atoms with Crippen LogP contribution >= 0.6 is 0 Å². The maximum Gasteiger partial charge on any atom is 0.247 e. The first kappa shape index (κ1) is 12.8. The summed E-state index contributed by atoms with van der Waals surface area (Å²) in [4.78, 5) is 22.1. The van der Waals surface area contributed by atoms with Crippen molar-refractivity contribution in [3.05, 3.63) is 0 Å². The Morgan fingerprint density at radius 1 is 1.56 bits per heavy atom. The average Bonchev–Trinajstić information content (AvgIpc) is 2.21. The van der Waals surface area contributed by atoms with Crippen LogP contribution in [0.1, 0.15) is 6.92 Å². The first-order valence-corrected chi connectivity index (χ1v) is 4.60. The molecule has 6 N–H and O–H groups in total. The number of nitrogens with one attached hydrogen (secondary N) is 2. The van der Waals surface area contributed by atoms with Crippen LogP contribution in [-0.2, 0) is 9.59 Å². The Morgan fingerprint density at radius 2 is 2.12 bits per heavy atom. The fourth-order valence-corrected chi connectivity index (χ4v) is 1.49. The van der Waals surface area contributed by atoms with Crippen molar-refractivity contribution in [2.75, 3.05) is 6.61 Å². The van der Waals surface area contributed by atoms with E-state index < -0.39 is 42.4 Å². The minimum Gasteiger partial charge on any atom is -0.391 e.